The van der Waals surface area contributed by atoms with Gasteiger partial charge < -0.3 is 20.0 Å². The lowest BCUT2D eigenvalue weighted by molar-refractivity contribution is 0.0603. The summed E-state index contributed by atoms with van der Waals surface area (Å²) in [6.07, 6.45) is -1.72. The lowest BCUT2D eigenvalue weighted by Crippen LogP contribution is -2.55. The van der Waals surface area contributed by atoms with Crippen LogP contribution in [0.25, 0.3) is 11.5 Å². The summed E-state index contributed by atoms with van der Waals surface area (Å²) < 4.78 is 87.3. The van der Waals surface area contributed by atoms with Crippen LogP contribution < -0.4 is 14.3 Å². The van der Waals surface area contributed by atoms with Crippen LogP contribution in [0, 0.1) is 0 Å². The van der Waals surface area contributed by atoms with Crippen LogP contribution in [0.4, 0.5) is 20.2 Å². The molecule has 0 amide bonds. The van der Waals surface area contributed by atoms with Gasteiger partial charge in [0, 0.05) is 61.5 Å². The van der Waals surface area contributed by atoms with Crippen LogP contribution in [0.15, 0.2) is 114 Å². The van der Waals surface area contributed by atoms with Crippen molar-refractivity contribution >= 4 is 37.2 Å². The molecule has 19 heteroatoms. The summed E-state index contributed by atoms with van der Waals surface area (Å²) in [5.41, 5.74) is 9.24. The molecule has 380 valence electrons. The fourth-order valence-corrected chi connectivity index (χ4v) is 11.9. The number of para-hydroxylation sites is 2. The van der Waals surface area contributed by atoms with Gasteiger partial charge in [-0.3, -0.25) is 23.2 Å². The minimum atomic E-state index is -3.61. The molecular formula is C51H69F2N9O6S2. The van der Waals surface area contributed by atoms with Gasteiger partial charge in [0.1, 0.15) is 0 Å². The highest BCUT2D eigenvalue weighted by molar-refractivity contribution is 7.93. The summed E-state index contributed by atoms with van der Waals surface area (Å²) in [5.74, 6) is -0.765. The minimum Gasteiger partial charge on any atom is -0.415 e. The van der Waals surface area contributed by atoms with E-state index in [1.54, 1.807) is 60.7 Å². The number of rotatable bonds is 20. The molecule has 7 rings (SSSR count). The average molecular weight is 1010 g/mol. The van der Waals surface area contributed by atoms with Gasteiger partial charge in [0.15, 0.2) is 5.78 Å². The van der Waals surface area contributed by atoms with Crippen LogP contribution >= 0.6 is 0 Å². The number of carbonyl (C=O) groups excluding carboxylic acids is 1. The monoisotopic (exact) mass is 1010 g/mol. The molecule has 70 heavy (non-hydrogen) atoms. The minimum absolute atomic E-state index is 0.0121. The first-order valence-corrected chi connectivity index (χ1v) is 27.1. The molecule has 2 aliphatic heterocycles. The Hall–Kier alpha value is -5.15. The van der Waals surface area contributed by atoms with Crippen molar-refractivity contribution in [2.24, 2.45) is 5.73 Å². The maximum absolute atomic E-state index is 13.5. The molecule has 0 unspecified atom stereocenters. The van der Waals surface area contributed by atoms with Crippen molar-refractivity contribution in [2.45, 2.75) is 84.2 Å². The quantitative estimate of drug-likeness (QED) is 0.0792. The zero-order chi connectivity index (χ0) is 50.6. The number of halogens is 2. The lowest BCUT2D eigenvalue weighted by atomic mass is 10.1. The second-order valence-corrected chi connectivity index (χ2v) is 22.6. The highest BCUT2D eigenvalue weighted by Crippen LogP contribution is 2.27. The number of hydrogen-bond donors (Lipinski definition) is 1. The van der Waals surface area contributed by atoms with E-state index in [9.17, 15) is 30.4 Å². The SMILES string of the molecule is C[C@@H]1CN(CCCS(=O)(=O)N(Cc2ccc(-c3nnc(C(F)F)o3)cc2)c2ccccc2)C[C@H](C)N1C.C[C@@H]1CN(CCCS(=O)(=O)N(Cc2ccc(C(=O)CN)cc2)c2ccccc2)C[C@H](C)N1C. The second kappa shape index (κ2) is 24.8. The molecule has 0 radical (unpaired) electrons. The molecule has 0 aliphatic carbocycles. The predicted molar refractivity (Wildman–Crippen MR) is 273 cm³/mol. The van der Waals surface area contributed by atoms with Gasteiger partial charge in [-0.1, -0.05) is 72.8 Å². The molecule has 5 aromatic rings. The summed E-state index contributed by atoms with van der Waals surface area (Å²) >= 11 is 0. The maximum Gasteiger partial charge on any atom is 0.314 e. The van der Waals surface area contributed by atoms with E-state index in [2.05, 4.69) is 71.6 Å². The van der Waals surface area contributed by atoms with E-state index in [1.165, 1.54) is 8.61 Å². The van der Waals surface area contributed by atoms with Gasteiger partial charge in [-0.15, -0.1) is 10.2 Å². The first-order chi connectivity index (χ1) is 33.3. The van der Waals surface area contributed by atoms with Crippen molar-refractivity contribution in [3.63, 3.8) is 0 Å². The van der Waals surface area contributed by atoms with Gasteiger partial charge in [-0.25, -0.2) is 16.8 Å². The van der Waals surface area contributed by atoms with E-state index in [0.717, 1.165) is 50.4 Å². The van der Waals surface area contributed by atoms with Gasteiger partial charge in [0.05, 0.1) is 42.5 Å². The molecule has 2 fully saturated rings. The Balaban J connectivity index is 0.000000231. The van der Waals surface area contributed by atoms with E-state index < -0.39 is 32.4 Å². The molecule has 2 N–H and O–H groups in total. The Morgan fingerprint density at radius 1 is 0.643 bits per heavy atom. The number of anilines is 2. The standard InChI is InChI=1S/C26H33F2N5O3S.C25H36N4O3S/c1-19-16-32(17-20(2)31(19)3)14-7-15-37(34,35)33(23-8-5-4-6-9-23)18-21-10-12-22(13-11-21)25-29-30-26(36-25)24(27)28;1-20-17-28(18-21(2)27(20)3)14-7-15-33(31,32)29(24-8-5-4-6-9-24)19-22-10-12-23(13-11-22)25(30)16-26/h4-6,8-13,19-20,24H,7,14-18H2,1-3H3;4-6,8-13,20-21H,7,14-19,26H2,1-3H3/t19-,20+;20-,21+. The van der Waals surface area contributed by atoms with Gasteiger partial charge >= 0.3 is 6.43 Å². The van der Waals surface area contributed by atoms with Crippen molar-refractivity contribution in [3.8, 4) is 11.5 Å². The first-order valence-electron chi connectivity index (χ1n) is 23.9. The molecule has 1 aromatic heterocycles. The van der Waals surface area contributed by atoms with E-state index in [4.69, 9.17) is 10.2 Å². The highest BCUT2D eigenvalue weighted by Gasteiger charge is 2.30. The maximum atomic E-state index is 13.5. The molecular weight excluding hydrogens is 937 g/mol. The zero-order valence-electron chi connectivity index (χ0n) is 41.1. The highest BCUT2D eigenvalue weighted by atomic mass is 32.2. The first kappa shape index (κ1) is 54.2. The molecule has 4 atom stereocenters. The fourth-order valence-electron chi connectivity index (χ4n) is 8.88. The summed E-state index contributed by atoms with van der Waals surface area (Å²) in [6, 6.07) is 33.8. The lowest BCUT2D eigenvalue weighted by Gasteiger charge is -2.42. The number of alkyl halides is 2. The molecule has 0 spiro atoms. The van der Waals surface area contributed by atoms with Crippen molar-refractivity contribution in [1.29, 1.82) is 0 Å². The van der Waals surface area contributed by atoms with Crippen LogP contribution in [-0.4, -0.2) is 148 Å². The van der Waals surface area contributed by atoms with Gasteiger partial charge in [0.25, 0.3) is 5.89 Å². The normalized spacial score (nSPS) is 19.7. The molecule has 3 heterocycles. The number of ketones is 1. The number of carbonyl (C=O) groups is 1. The third kappa shape index (κ3) is 14.7. The van der Waals surface area contributed by atoms with E-state index >= 15 is 0 Å². The van der Waals surface area contributed by atoms with Crippen LogP contribution in [-0.2, 0) is 33.1 Å². The Kier molecular flexibility index (Phi) is 19.2. The molecule has 4 aromatic carbocycles. The van der Waals surface area contributed by atoms with E-state index in [-0.39, 0.29) is 42.8 Å². The number of sulfonamides is 2. The summed E-state index contributed by atoms with van der Waals surface area (Å²) in [6.45, 7) is 14.4. The number of piperazine rings is 2. The summed E-state index contributed by atoms with van der Waals surface area (Å²) in [4.78, 5) is 21.2. The predicted octanol–water partition coefficient (Wildman–Crippen LogP) is 7.00. The Morgan fingerprint density at radius 3 is 1.41 bits per heavy atom. The number of nitrogens with zero attached hydrogens (tertiary/aromatic N) is 8. The van der Waals surface area contributed by atoms with Gasteiger partial charge in [-0.2, -0.15) is 8.78 Å². The average Bonchev–Trinajstić information content (AvgIpc) is 3.85. The van der Waals surface area contributed by atoms with Gasteiger partial charge in [-0.05, 0) is 115 Å². The Morgan fingerprint density at radius 2 is 1.04 bits per heavy atom. The summed E-state index contributed by atoms with van der Waals surface area (Å²) in [7, 11) is -2.87. The largest absolute Gasteiger partial charge is 0.415 e. The van der Waals surface area contributed by atoms with E-state index in [1.807, 2.05) is 48.5 Å². The number of likely N-dealkylation sites (N-methyl/N-ethyl adjacent to an activating group) is 2. The van der Waals surface area contributed by atoms with Crippen molar-refractivity contribution in [2.75, 3.05) is 80.0 Å². The molecule has 2 aliphatic rings. The second-order valence-electron chi connectivity index (χ2n) is 18.5. The van der Waals surface area contributed by atoms with Crippen LogP contribution in [0.5, 0.6) is 0 Å². The zero-order valence-corrected chi connectivity index (χ0v) is 42.8. The number of hydrogen-bond acceptors (Lipinski definition) is 13. The smallest absolute Gasteiger partial charge is 0.314 e. The molecule has 0 bridgehead atoms. The topological polar surface area (TPSA) is 170 Å². The molecule has 15 nitrogen and oxygen atoms in total. The van der Waals surface area contributed by atoms with Crippen LogP contribution in [0.3, 0.4) is 0 Å². The van der Waals surface area contributed by atoms with Crippen LogP contribution in [0.2, 0.25) is 0 Å². The van der Waals surface area contributed by atoms with E-state index in [0.29, 0.717) is 59.5 Å². The number of Topliss-reactive ketones (excluding diaryl/α,β-unsaturated/α-hetero) is 1. The Bertz CT molecular complexity index is 2610. The Labute approximate surface area is 413 Å². The number of nitrogens with two attached hydrogens (primary N) is 1. The summed E-state index contributed by atoms with van der Waals surface area (Å²) in [5, 5.41) is 7.01. The van der Waals surface area contributed by atoms with Gasteiger partial charge in [0.2, 0.25) is 25.9 Å². The molecule has 2 saturated heterocycles. The van der Waals surface area contributed by atoms with Crippen molar-refractivity contribution < 1.29 is 34.8 Å². The fraction of sp³-hybridized carbons (Fsp3) is 0.471. The third-order valence-electron chi connectivity index (χ3n) is 13.3. The number of aromatic nitrogens is 2. The van der Waals surface area contributed by atoms with Crippen molar-refractivity contribution in [3.05, 3.63) is 132 Å². The van der Waals surface area contributed by atoms with Crippen molar-refractivity contribution in [1.82, 2.24) is 29.8 Å². The third-order valence-corrected chi connectivity index (χ3v) is 17.0. The number of benzene rings is 4. The molecule has 0 saturated carbocycles. The van der Waals surface area contributed by atoms with Crippen LogP contribution in [0.1, 0.15) is 74.3 Å².